The van der Waals surface area contributed by atoms with Gasteiger partial charge in [0, 0.05) is 25.8 Å². The van der Waals surface area contributed by atoms with Crippen LogP contribution in [0, 0.1) is 0 Å². The predicted molar refractivity (Wildman–Crippen MR) is 143 cm³/mol. The van der Waals surface area contributed by atoms with Crippen molar-refractivity contribution in [2.24, 2.45) is 0 Å². The van der Waals surface area contributed by atoms with Crippen molar-refractivity contribution < 1.29 is 24.3 Å². The molecule has 12 heteroatoms. The van der Waals surface area contributed by atoms with Gasteiger partial charge in [-0.1, -0.05) is 47.5 Å². The molecule has 3 N–H and O–H groups in total. The number of amides is 4. The lowest BCUT2D eigenvalue weighted by Crippen LogP contribution is -2.60. The first kappa shape index (κ1) is 27.5. The number of nitrogens with zero attached hydrogens (tertiary/aromatic N) is 3. The van der Waals surface area contributed by atoms with Crippen LogP contribution in [0.3, 0.4) is 0 Å². The molecule has 2 atom stereocenters. The lowest BCUT2D eigenvalue weighted by Gasteiger charge is -2.43. The first-order valence-electron chi connectivity index (χ1n) is 12.2. The van der Waals surface area contributed by atoms with Gasteiger partial charge in [-0.3, -0.25) is 9.59 Å². The molecule has 4 rings (SSSR count). The van der Waals surface area contributed by atoms with Crippen molar-refractivity contribution in [1.82, 2.24) is 20.4 Å². The van der Waals surface area contributed by atoms with E-state index in [0.29, 0.717) is 32.6 Å². The number of urea groups is 1. The number of anilines is 1. The van der Waals surface area contributed by atoms with Crippen LogP contribution >= 0.6 is 23.2 Å². The van der Waals surface area contributed by atoms with Crippen molar-refractivity contribution in [2.45, 2.75) is 37.4 Å². The smallest absolute Gasteiger partial charge is 0.328 e. The van der Waals surface area contributed by atoms with Gasteiger partial charge in [-0.05, 0) is 44.0 Å². The number of hydrogen-bond donors (Lipinski definition) is 3. The molecule has 2 unspecified atom stereocenters. The number of carboxylic acids is 1. The van der Waals surface area contributed by atoms with Crippen molar-refractivity contribution >= 4 is 52.7 Å². The summed E-state index contributed by atoms with van der Waals surface area (Å²) < 4.78 is 0. The number of carbonyl (C=O) groups is 4. The van der Waals surface area contributed by atoms with E-state index in [0.717, 1.165) is 5.69 Å². The fourth-order valence-corrected chi connectivity index (χ4v) is 5.65. The summed E-state index contributed by atoms with van der Waals surface area (Å²) in [4.78, 5) is 56.3. The van der Waals surface area contributed by atoms with Gasteiger partial charge in [0.05, 0.1) is 28.3 Å². The predicted octanol–water partition coefficient (Wildman–Crippen LogP) is 3.05. The summed E-state index contributed by atoms with van der Waals surface area (Å²) in [6.07, 6.45) is 0.855. The van der Waals surface area contributed by atoms with E-state index < -0.39 is 35.5 Å². The van der Waals surface area contributed by atoms with E-state index in [1.807, 2.05) is 30.3 Å². The average molecular weight is 562 g/mol. The van der Waals surface area contributed by atoms with Crippen LogP contribution in [0.25, 0.3) is 0 Å². The minimum atomic E-state index is -1.44. The molecule has 10 nitrogen and oxygen atoms in total. The summed E-state index contributed by atoms with van der Waals surface area (Å²) >= 11 is 12.1. The zero-order valence-corrected chi connectivity index (χ0v) is 22.5. The van der Waals surface area contributed by atoms with E-state index in [4.69, 9.17) is 23.2 Å². The third-order valence-corrected chi connectivity index (χ3v) is 7.78. The molecule has 202 valence electrons. The summed E-state index contributed by atoms with van der Waals surface area (Å²) in [7, 11) is 1.77. The molecule has 2 saturated heterocycles. The van der Waals surface area contributed by atoms with Crippen LogP contribution in [0.15, 0.2) is 48.5 Å². The minimum absolute atomic E-state index is 0.0154. The number of likely N-dealkylation sites (tertiary alicyclic amines) is 1. The Morgan fingerprint density at radius 2 is 1.58 bits per heavy atom. The second-order valence-corrected chi connectivity index (χ2v) is 10.4. The standard InChI is InChI=1S/C26H29Cl2N5O5/c1-16(21(23(35)36)30-22(34)20-18(27)9-6-10-19(20)28)29-25(38)32-13-11-26(12-14-32)24(37)31(2)15-33(26)17-7-4-3-5-8-17/h3-10,16,21H,11-15H2,1-2H3,(H,29,38)(H,30,34)(H,35,36). The third-order valence-electron chi connectivity index (χ3n) is 7.15. The second kappa shape index (κ2) is 11.1. The number of carboxylic acid groups (broad SMARTS) is 1. The largest absolute Gasteiger partial charge is 0.480 e. The molecule has 0 bridgehead atoms. The third kappa shape index (κ3) is 5.23. The van der Waals surface area contributed by atoms with Crippen LogP contribution in [-0.2, 0) is 9.59 Å². The fraction of sp³-hybridized carbons (Fsp3) is 0.385. The Balaban J connectivity index is 1.41. The normalized spacial score (nSPS) is 18.3. The number of aliphatic carboxylic acids is 1. The molecule has 2 aromatic carbocycles. The van der Waals surface area contributed by atoms with E-state index in [1.165, 1.54) is 19.1 Å². The number of piperidine rings is 1. The Bertz CT molecular complexity index is 1220. The molecule has 4 amide bonds. The highest BCUT2D eigenvalue weighted by molar-refractivity contribution is 6.39. The maximum atomic E-state index is 13.2. The van der Waals surface area contributed by atoms with Gasteiger partial charge in [0.2, 0.25) is 5.91 Å². The molecule has 0 aromatic heterocycles. The monoisotopic (exact) mass is 561 g/mol. The highest BCUT2D eigenvalue weighted by Crippen LogP contribution is 2.39. The van der Waals surface area contributed by atoms with E-state index >= 15 is 0 Å². The SMILES string of the molecule is CC(NC(=O)N1CCC2(CC1)C(=O)N(C)CN2c1ccccc1)C(NC(=O)c1c(Cl)cccc1Cl)C(=O)O. The lowest BCUT2D eigenvalue weighted by molar-refractivity contribution is -0.139. The Morgan fingerprint density at radius 3 is 2.16 bits per heavy atom. The van der Waals surface area contributed by atoms with E-state index in [-0.39, 0.29) is 21.5 Å². The lowest BCUT2D eigenvalue weighted by atomic mass is 9.85. The van der Waals surface area contributed by atoms with Gasteiger partial charge in [-0.2, -0.15) is 0 Å². The zero-order chi connectivity index (χ0) is 27.6. The molecule has 38 heavy (non-hydrogen) atoms. The Hall–Kier alpha value is -3.50. The molecule has 2 heterocycles. The van der Waals surface area contributed by atoms with Gasteiger partial charge in [0.25, 0.3) is 5.91 Å². The Kier molecular flexibility index (Phi) is 8.03. The number of nitrogens with one attached hydrogen (secondary N) is 2. The number of benzene rings is 2. The van der Waals surface area contributed by atoms with Crippen LogP contribution in [0.4, 0.5) is 10.5 Å². The number of halogens is 2. The molecular formula is C26H29Cl2N5O5. The van der Waals surface area contributed by atoms with Gasteiger partial charge >= 0.3 is 12.0 Å². The number of hydrogen-bond acceptors (Lipinski definition) is 5. The van der Waals surface area contributed by atoms with Crippen LogP contribution < -0.4 is 15.5 Å². The molecule has 2 aliphatic rings. The van der Waals surface area contributed by atoms with Crippen molar-refractivity contribution in [1.29, 1.82) is 0 Å². The van der Waals surface area contributed by atoms with Crippen molar-refractivity contribution in [3.05, 3.63) is 64.1 Å². The molecule has 2 aliphatic heterocycles. The summed E-state index contributed by atoms with van der Waals surface area (Å²) in [5.41, 5.74) is 0.149. The van der Waals surface area contributed by atoms with Crippen molar-refractivity contribution in [3.63, 3.8) is 0 Å². The van der Waals surface area contributed by atoms with Crippen LogP contribution in [0.2, 0.25) is 10.0 Å². The molecule has 0 radical (unpaired) electrons. The van der Waals surface area contributed by atoms with Crippen LogP contribution in [0.1, 0.15) is 30.1 Å². The fourth-order valence-electron chi connectivity index (χ4n) is 5.08. The highest BCUT2D eigenvalue weighted by Gasteiger charge is 2.53. The zero-order valence-electron chi connectivity index (χ0n) is 21.0. The van der Waals surface area contributed by atoms with Gasteiger partial charge in [0.1, 0.15) is 11.6 Å². The molecule has 2 aromatic rings. The maximum absolute atomic E-state index is 13.2. The number of para-hydroxylation sites is 1. The minimum Gasteiger partial charge on any atom is -0.480 e. The van der Waals surface area contributed by atoms with Gasteiger partial charge in [-0.25, -0.2) is 9.59 Å². The quantitative estimate of drug-likeness (QED) is 0.498. The Morgan fingerprint density at radius 1 is 0.974 bits per heavy atom. The van der Waals surface area contributed by atoms with E-state index in [9.17, 15) is 24.3 Å². The van der Waals surface area contributed by atoms with E-state index in [1.54, 1.807) is 22.9 Å². The van der Waals surface area contributed by atoms with E-state index in [2.05, 4.69) is 15.5 Å². The van der Waals surface area contributed by atoms with Crippen LogP contribution in [0.5, 0.6) is 0 Å². The summed E-state index contributed by atoms with van der Waals surface area (Å²) in [6.45, 7) is 2.56. The summed E-state index contributed by atoms with van der Waals surface area (Å²) in [5.74, 6) is -2.08. The summed E-state index contributed by atoms with van der Waals surface area (Å²) in [5, 5.41) is 15.0. The van der Waals surface area contributed by atoms with Gasteiger partial charge < -0.3 is 30.4 Å². The molecular weight excluding hydrogens is 533 g/mol. The number of likely N-dealkylation sites (N-methyl/N-ethyl adjacent to an activating group) is 1. The molecule has 1 spiro atoms. The first-order chi connectivity index (χ1) is 18.0. The average Bonchev–Trinajstić information content (AvgIpc) is 3.12. The van der Waals surface area contributed by atoms with Crippen molar-refractivity contribution in [3.8, 4) is 0 Å². The first-order valence-corrected chi connectivity index (χ1v) is 12.9. The topological polar surface area (TPSA) is 122 Å². The van der Waals surface area contributed by atoms with Crippen LogP contribution in [-0.4, -0.2) is 83.1 Å². The Labute approximate surface area is 230 Å². The number of carbonyl (C=O) groups excluding carboxylic acids is 3. The highest BCUT2D eigenvalue weighted by atomic mass is 35.5. The molecule has 0 saturated carbocycles. The summed E-state index contributed by atoms with van der Waals surface area (Å²) in [6, 6.07) is 11.3. The molecule has 0 aliphatic carbocycles. The molecule has 2 fully saturated rings. The second-order valence-electron chi connectivity index (χ2n) is 9.55. The van der Waals surface area contributed by atoms with Gasteiger partial charge in [0.15, 0.2) is 0 Å². The van der Waals surface area contributed by atoms with Gasteiger partial charge in [-0.15, -0.1) is 0 Å². The maximum Gasteiger partial charge on any atom is 0.328 e. The number of rotatable bonds is 6. The van der Waals surface area contributed by atoms with Crippen molar-refractivity contribution in [2.75, 3.05) is 31.7 Å².